The van der Waals surface area contributed by atoms with E-state index in [4.69, 9.17) is 0 Å². The maximum absolute atomic E-state index is 3.69. The number of hydrogen-bond donors (Lipinski definition) is 1. The van der Waals surface area contributed by atoms with Crippen LogP contribution in [-0.2, 0) is 0 Å². The first-order valence-corrected chi connectivity index (χ1v) is 12.0. The van der Waals surface area contributed by atoms with Crippen LogP contribution in [0, 0.1) is 0 Å². The molecular formula is C34H25N. The second-order valence-electron chi connectivity index (χ2n) is 8.69. The molecular weight excluding hydrogens is 422 g/mol. The number of nitrogens with one attached hydrogen (secondary N) is 1. The summed E-state index contributed by atoms with van der Waals surface area (Å²) < 4.78 is 0. The molecule has 0 fully saturated rings. The van der Waals surface area contributed by atoms with Crippen molar-refractivity contribution in [3.63, 3.8) is 0 Å². The average Bonchev–Trinajstić information content (AvgIpc) is 2.94. The molecule has 0 aliphatic heterocycles. The molecule has 6 aromatic carbocycles. The van der Waals surface area contributed by atoms with Gasteiger partial charge in [-0.25, -0.2) is 0 Å². The van der Waals surface area contributed by atoms with Gasteiger partial charge in [0.15, 0.2) is 0 Å². The summed E-state index contributed by atoms with van der Waals surface area (Å²) in [5.41, 5.74) is 9.54. The van der Waals surface area contributed by atoms with Gasteiger partial charge in [0.25, 0.3) is 0 Å². The standard InChI is InChI=1S/C34H25N/c1-3-12-25(13-4-1)29-18-7-8-19-30(29)27-16-11-17-28(24-27)35-34-23-22-31(26-14-5-2-6-15-26)32-20-9-10-21-33(32)34/h1-24,35H. The second kappa shape index (κ2) is 9.32. The smallest absolute Gasteiger partial charge is 0.0464 e. The van der Waals surface area contributed by atoms with Gasteiger partial charge in [0.05, 0.1) is 0 Å². The lowest BCUT2D eigenvalue weighted by molar-refractivity contribution is 1.54. The quantitative estimate of drug-likeness (QED) is 0.277. The van der Waals surface area contributed by atoms with Crippen LogP contribution in [0.3, 0.4) is 0 Å². The molecule has 0 spiro atoms. The van der Waals surface area contributed by atoms with Crippen molar-refractivity contribution in [1.29, 1.82) is 0 Å². The fraction of sp³-hybridized carbons (Fsp3) is 0. The SMILES string of the molecule is c1ccc(-c2ccccc2-c2cccc(Nc3ccc(-c4ccccc4)c4ccccc34)c2)cc1. The third-order valence-corrected chi connectivity index (χ3v) is 6.47. The molecule has 6 rings (SSSR count). The van der Waals surface area contributed by atoms with Crippen LogP contribution in [0.5, 0.6) is 0 Å². The van der Waals surface area contributed by atoms with E-state index in [9.17, 15) is 0 Å². The van der Waals surface area contributed by atoms with Crippen molar-refractivity contribution in [2.24, 2.45) is 0 Å². The van der Waals surface area contributed by atoms with Crippen LogP contribution in [0.15, 0.2) is 146 Å². The van der Waals surface area contributed by atoms with Crippen LogP contribution in [0.2, 0.25) is 0 Å². The van der Waals surface area contributed by atoms with Gasteiger partial charge in [0.1, 0.15) is 0 Å². The van der Waals surface area contributed by atoms with Crippen LogP contribution in [0.4, 0.5) is 11.4 Å². The van der Waals surface area contributed by atoms with Crippen molar-refractivity contribution >= 4 is 22.1 Å². The summed E-state index contributed by atoms with van der Waals surface area (Å²) in [5.74, 6) is 0. The predicted octanol–water partition coefficient (Wildman–Crippen LogP) is 9.58. The minimum Gasteiger partial charge on any atom is -0.355 e. The van der Waals surface area contributed by atoms with E-state index in [-0.39, 0.29) is 0 Å². The average molecular weight is 448 g/mol. The zero-order valence-electron chi connectivity index (χ0n) is 19.4. The molecule has 1 heteroatoms. The molecule has 0 aromatic heterocycles. The first kappa shape index (κ1) is 20.9. The summed E-state index contributed by atoms with van der Waals surface area (Å²) in [6, 6.07) is 51.5. The molecule has 0 saturated heterocycles. The van der Waals surface area contributed by atoms with Crippen molar-refractivity contribution in [1.82, 2.24) is 0 Å². The maximum atomic E-state index is 3.69. The van der Waals surface area contributed by atoms with E-state index in [2.05, 4.69) is 151 Å². The Balaban J connectivity index is 1.39. The fourth-order valence-corrected chi connectivity index (χ4v) is 4.80. The van der Waals surface area contributed by atoms with Gasteiger partial charge in [0, 0.05) is 16.8 Å². The zero-order valence-corrected chi connectivity index (χ0v) is 19.4. The molecule has 0 saturated carbocycles. The van der Waals surface area contributed by atoms with Gasteiger partial charge in [-0.2, -0.15) is 0 Å². The van der Waals surface area contributed by atoms with Gasteiger partial charge in [-0.15, -0.1) is 0 Å². The van der Waals surface area contributed by atoms with Gasteiger partial charge in [-0.3, -0.25) is 0 Å². The second-order valence-corrected chi connectivity index (χ2v) is 8.69. The minimum atomic E-state index is 1.07. The first-order valence-electron chi connectivity index (χ1n) is 12.0. The molecule has 0 unspecified atom stereocenters. The number of rotatable bonds is 5. The van der Waals surface area contributed by atoms with E-state index in [0.717, 1.165) is 11.4 Å². The molecule has 6 aromatic rings. The van der Waals surface area contributed by atoms with E-state index in [1.54, 1.807) is 0 Å². The molecule has 0 heterocycles. The minimum absolute atomic E-state index is 1.07. The molecule has 0 radical (unpaired) electrons. The molecule has 0 amide bonds. The molecule has 166 valence electrons. The third-order valence-electron chi connectivity index (χ3n) is 6.47. The Kier molecular flexibility index (Phi) is 5.58. The van der Waals surface area contributed by atoms with E-state index < -0.39 is 0 Å². The van der Waals surface area contributed by atoms with Crippen molar-refractivity contribution in [3.8, 4) is 33.4 Å². The van der Waals surface area contributed by atoms with Gasteiger partial charge in [-0.1, -0.05) is 127 Å². The normalized spacial score (nSPS) is 10.9. The fourth-order valence-electron chi connectivity index (χ4n) is 4.80. The highest BCUT2D eigenvalue weighted by atomic mass is 14.9. The topological polar surface area (TPSA) is 12.0 Å². The van der Waals surface area contributed by atoms with Gasteiger partial charge < -0.3 is 5.32 Å². The number of benzene rings is 6. The Bertz CT molecular complexity index is 1600. The van der Waals surface area contributed by atoms with Gasteiger partial charge in [-0.05, 0) is 57.0 Å². The number of anilines is 2. The molecule has 35 heavy (non-hydrogen) atoms. The van der Waals surface area contributed by atoms with E-state index in [1.165, 1.54) is 44.2 Å². The van der Waals surface area contributed by atoms with Crippen molar-refractivity contribution in [2.75, 3.05) is 5.32 Å². The number of hydrogen-bond acceptors (Lipinski definition) is 1. The predicted molar refractivity (Wildman–Crippen MR) is 150 cm³/mol. The largest absolute Gasteiger partial charge is 0.355 e. The van der Waals surface area contributed by atoms with Crippen molar-refractivity contribution in [2.45, 2.75) is 0 Å². The van der Waals surface area contributed by atoms with E-state index >= 15 is 0 Å². The Hall–Kier alpha value is -4.62. The molecule has 1 N–H and O–H groups in total. The highest BCUT2D eigenvalue weighted by Crippen LogP contribution is 2.36. The van der Waals surface area contributed by atoms with Crippen LogP contribution in [0.25, 0.3) is 44.2 Å². The summed E-state index contributed by atoms with van der Waals surface area (Å²) in [7, 11) is 0. The first-order chi connectivity index (χ1) is 17.4. The van der Waals surface area contributed by atoms with E-state index in [0.29, 0.717) is 0 Å². The van der Waals surface area contributed by atoms with Crippen LogP contribution < -0.4 is 5.32 Å². The lowest BCUT2D eigenvalue weighted by Crippen LogP contribution is -1.94. The van der Waals surface area contributed by atoms with Crippen molar-refractivity contribution in [3.05, 3.63) is 146 Å². The maximum Gasteiger partial charge on any atom is 0.0464 e. The Morgan fingerprint density at radius 3 is 1.60 bits per heavy atom. The Morgan fingerprint density at radius 2 is 0.886 bits per heavy atom. The summed E-state index contributed by atoms with van der Waals surface area (Å²) in [6.07, 6.45) is 0. The summed E-state index contributed by atoms with van der Waals surface area (Å²) in [4.78, 5) is 0. The summed E-state index contributed by atoms with van der Waals surface area (Å²) >= 11 is 0. The van der Waals surface area contributed by atoms with Crippen LogP contribution in [0.1, 0.15) is 0 Å². The molecule has 1 nitrogen and oxygen atoms in total. The molecule has 0 aliphatic carbocycles. The molecule has 0 atom stereocenters. The molecule has 0 aliphatic rings. The summed E-state index contributed by atoms with van der Waals surface area (Å²) in [5, 5.41) is 6.15. The van der Waals surface area contributed by atoms with Gasteiger partial charge in [0.2, 0.25) is 0 Å². The Morgan fingerprint density at radius 1 is 0.343 bits per heavy atom. The van der Waals surface area contributed by atoms with Crippen LogP contribution in [-0.4, -0.2) is 0 Å². The lowest BCUT2D eigenvalue weighted by Gasteiger charge is -2.15. The highest BCUT2D eigenvalue weighted by Gasteiger charge is 2.10. The van der Waals surface area contributed by atoms with Crippen molar-refractivity contribution < 1.29 is 0 Å². The Labute approximate surface area is 206 Å². The monoisotopic (exact) mass is 447 g/mol. The number of fused-ring (bicyclic) bond motifs is 1. The third kappa shape index (κ3) is 4.20. The van der Waals surface area contributed by atoms with Gasteiger partial charge >= 0.3 is 0 Å². The van der Waals surface area contributed by atoms with Crippen LogP contribution >= 0.6 is 0 Å². The highest BCUT2D eigenvalue weighted by molar-refractivity contribution is 6.04. The zero-order chi connectivity index (χ0) is 23.5. The summed E-state index contributed by atoms with van der Waals surface area (Å²) in [6.45, 7) is 0. The lowest BCUT2D eigenvalue weighted by atomic mass is 9.94. The van der Waals surface area contributed by atoms with E-state index in [1.807, 2.05) is 0 Å². The molecule has 0 bridgehead atoms.